The van der Waals surface area contributed by atoms with Gasteiger partial charge in [-0.25, -0.2) is 4.79 Å². The molecule has 5 heteroatoms. The quantitative estimate of drug-likeness (QED) is 0.697. The van der Waals surface area contributed by atoms with Crippen molar-refractivity contribution in [3.8, 4) is 0 Å². The molecule has 0 saturated carbocycles. The molecule has 28 heavy (non-hydrogen) atoms. The van der Waals surface area contributed by atoms with Gasteiger partial charge in [0.1, 0.15) is 0 Å². The summed E-state index contributed by atoms with van der Waals surface area (Å²) in [5.74, 6) is 0.0351. The zero-order valence-corrected chi connectivity index (χ0v) is 17.3. The Morgan fingerprint density at radius 3 is 2.32 bits per heavy atom. The fraction of sp³-hybridized carbons (Fsp3) is 0.391. The van der Waals surface area contributed by atoms with Gasteiger partial charge in [0, 0.05) is 25.2 Å². The van der Waals surface area contributed by atoms with Crippen molar-refractivity contribution in [1.29, 1.82) is 0 Å². The molecule has 0 aliphatic heterocycles. The second kappa shape index (κ2) is 10.5. The van der Waals surface area contributed by atoms with Gasteiger partial charge in [-0.05, 0) is 57.4 Å². The third-order valence-electron chi connectivity index (χ3n) is 4.81. The first-order chi connectivity index (χ1) is 13.4. The highest BCUT2D eigenvalue weighted by Gasteiger charge is 2.12. The maximum absolute atomic E-state index is 12.3. The summed E-state index contributed by atoms with van der Waals surface area (Å²) in [6.07, 6.45) is 1.20. The predicted octanol–water partition coefficient (Wildman–Crippen LogP) is 4.68. The topological polar surface area (TPSA) is 61.4 Å². The van der Waals surface area contributed by atoms with E-state index in [1.165, 1.54) is 11.1 Å². The van der Waals surface area contributed by atoms with Gasteiger partial charge in [-0.2, -0.15) is 0 Å². The van der Waals surface area contributed by atoms with Gasteiger partial charge in [0.2, 0.25) is 5.91 Å². The van der Waals surface area contributed by atoms with Gasteiger partial charge in [-0.3, -0.25) is 4.79 Å². The summed E-state index contributed by atoms with van der Waals surface area (Å²) >= 11 is 0. The summed E-state index contributed by atoms with van der Waals surface area (Å²) in [7, 11) is 0. The molecule has 1 atom stereocenters. The highest BCUT2D eigenvalue weighted by atomic mass is 16.2. The average Bonchev–Trinajstić information content (AvgIpc) is 2.68. The lowest BCUT2D eigenvalue weighted by molar-refractivity contribution is -0.121. The van der Waals surface area contributed by atoms with E-state index in [9.17, 15) is 9.59 Å². The van der Waals surface area contributed by atoms with Crippen LogP contribution in [-0.2, 0) is 11.2 Å². The van der Waals surface area contributed by atoms with Gasteiger partial charge in [0.25, 0.3) is 0 Å². The lowest BCUT2D eigenvalue weighted by Gasteiger charge is -2.19. The number of amides is 3. The Balaban J connectivity index is 1.85. The van der Waals surface area contributed by atoms with E-state index < -0.39 is 0 Å². The first-order valence-corrected chi connectivity index (χ1v) is 9.93. The van der Waals surface area contributed by atoms with Crippen molar-refractivity contribution in [3.63, 3.8) is 0 Å². The van der Waals surface area contributed by atoms with Gasteiger partial charge >= 0.3 is 6.03 Å². The number of rotatable bonds is 8. The van der Waals surface area contributed by atoms with Crippen molar-refractivity contribution in [2.45, 2.75) is 46.6 Å². The lowest BCUT2D eigenvalue weighted by Crippen LogP contribution is -2.34. The van der Waals surface area contributed by atoms with Crippen molar-refractivity contribution in [3.05, 3.63) is 65.2 Å². The molecule has 0 aliphatic rings. The van der Waals surface area contributed by atoms with Gasteiger partial charge in [-0.1, -0.05) is 42.0 Å². The molecule has 3 amide bonds. The van der Waals surface area contributed by atoms with E-state index >= 15 is 0 Å². The van der Waals surface area contributed by atoms with E-state index in [4.69, 9.17) is 0 Å². The van der Waals surface area contributed by atoms with E-state index in [1.807, 2.05) is 51.1 Å². The van der Waals surface area contributed by atoms with E-state index in [2.05, 4.69) is 35.8 Å². The molecule has 5 nitrogen and oxygen atoms in total. The molecule has 0 heterocycles. The van der Waals surface area contributed by atoms with Crippen molar-refractivity contribution in [2.75, 3.05) is 18.4 Å². The Morgan fingerprint density at radius 1 is 1.04 bits per heavy atom. The van der Waals surface area contributed by atoms with E-state index in [-0.39, 0.29) is 18.0 Å². The average molecular weight is 382 g/mol. The van der Waals surface area contributed by atoms with Crippen LogP contribution in [0.3, 0.4) is 0 Å². The Bertz CT molecular complexity index is 783. The van der Waals surface area contributed by atoms with Gasteiger partial charge in [0.05, 0.1) is 6.04 Å². The molecule has 0 aromatic heterocycles. The first-order valence-electron chi connectivity index (χ1n) is 9.93. The number of nitrogens with one attached hydrogen (secondary N) is 2. The van der Waals surface area contributed by atoms with E-state index in [1.54, 1.807) is 4.90 Å². The van der Waals surface area contributed by atoms with Gasteiger partial charge in [0.15, 0.2) is 0 Å². The summed E-state index contributed by atoms with van der Waals surface area (Å²) in [4.78, 5) is 26.1. The highest BCUT2D eigenvalue weighted by molar-refractivity contribution is 5.89. The van der Waals surface area contributed by atoms with E-state index in [0.717, 1.165) is 17.7 Å². The molecule has 2 aromatic rings. The van der Waals surface area contributed by atoms with Crippen LogP contribution in [0, 0.1) is 6.92 Å². The van der Waals surface area contributed by atoms with Crippen LogP contribution in [0.1, 0.15) is 49.9 Å². The van der Waals surface area contributed by atoms with E-state index in [0.29, 0.717) is 19.5 Å². The molecule has 0 saturated heterocycles. The number of carbonyl (C=O) groups excluding carboxylic acids is 2. The minimum Gasteiger partial charge on any atom is -0.350 e. The Labute approximate surface area is 168 Å². The minimum atomic E-state index is -0.102. The van der Waals surface area contributed by atoms with Crippen molar-refractivity contribution in [2.24, 2.45) is 0 Å². The smallest absolute Gasteiger partial charge is 0.321 e. The number of aryl methyl sites for hydroxylation is 2. The monoisotopic (exact) mass is 381 g/mol. The number of hydrogen-bond donors (Lipinski definition) is 2. The third-order valence-corrected chi connectivity index (χ3v) is 4.81. The summed E-state index contributed by atoms with van der Waals surface area (Å²) in [5.41, 5.74) is 4.14. The van der Waals surface area contributed by atoms with Crippen LogP contribution in [0.5, 0.6) is 0 Å². The molecule has 2 N–H and O–H groups in total. The Morgan fingerprint density at radius 2 is 1.71 bits per heavy atom. The molecule has 0 aliphatic carbocycles. The first kappa shape index (κ1) is 21.5. The maximum atomic E-state index is 12.3. The SMILES string of the molecule is CCN(CC)C(=O)Nc1ccc(C(C)NC(=O)CCc2cccc(C)c2)cc1. The van der Waals surface area contributed by atoms with Crippen LogP contribution < -0.4 is 10.6 Å². The van der Waals surface area contributed by atoms with Gasteiger partial charge in [-0.15, -0.1) is 0 Å². The van der Waals surface area contributed by atoms with Crippen molar-refractivity contribution in [1.82, 2.24) is 10.2 Å². The second-order valence-corrected chi connectivity index (χ2v) is 7.00. The molecule has 0 spiro atoms. The van der Waals surface area contributed by atoms with Crippen LogP contribution in [0.4, 0.5) is 10.5 Å². The molecule has 2 rings (SSSR count). The van der Waals surface area contributed by atoms with Crippen molar-refractivity contribution >= 4 is 17.6 Å². The zero-order valence-electron chi connectivity index (χ0n) is 17.3. The van der Waals surface area contributed by atoms with Crippen LogP contribution in [0.25, 0.3) is 0 Å². The second-order valence-electron chi connectivity index (χ2n) is 7.00. The lowest BCUT2D eigenvalue weighted by atomic mass is 10.1. The van der Waals surface area contributed by atoms with Gasteiger partial charge < -0.3 is 15.5 Å². The number of anilines is 1. The number of hydrogen-bond acceptors (Lipinski definition) is 2. The Kier molecular flexibility index (Phi) is 8.05. The number of carbonyl (C=O) groups is 2. The molecular weight excluding hydrogens is 350 g/mol. The van der Waals surface area contributed by atoms with Crippen LogP contribution >= 0.6 is 0 Å². The summed E-state index contributed by atoms with van der Waals surface area (Å²) < 4.78 is 0. The highest BCUT2D eigenvalue weighted by Crippen LogP contribution is 2.17. The largest absolute Gasteiger partial charge is 0.350 e. The van der Waals surface area contributed by atoms with Crippen molar-refractivity contribution < 1.29 is 9.59 Å². The third kappa shape index (κ3) is 6.41. The molecule has 0 radical (unpaired) electrons. The number of benzene rings is 2. The zero-order chi connectivity index (χ0) is 20.5. The Hall–Kier alpha value is -2.82. The molecule has 150 valence electrons. The summed E-state index contributed by atoms with van der Waals surface area (Å²) in [6, 6.07) is 15.7. The molecule has 0 fully saturated rings. The van der Waals surface area contributed by atoms with Crippen LogP contribution in [-0.4, -0.2) is 29.9 Å². The molecule has 0 bridgehead atoms. The normalized spacial score (nSPS) is 11.6. The predicted molar refractivity (Wildman–Crippen MR) is 114 cm³/mol. The minimum absolute atomic E-state index is 0.0351. The number of nitrogens with zero attached hydrogens (tertiary/aromatic N) is 1. The fourth-order valence-corrected chi connectivity index (χ4v) is 3.09. The summed E-state index contributed by atoms with van der Waals surface area (Å²) in [5, 5.41) is 5.94. The van der Waals surface area contributed by atoms with Crippen LogP contribution in [0.15, 0.2) is 48.5 Å². The summed E-state index contributed by atoms with van der Waals surface area (Å²) in [6.45, 7) is 9.27. The molecule has 1 unspecified atom stereocenters. The maximum Gasteiger partial charge on any atom is 0.321 e. The number of urea groups is 1. The molecule has 2 aromatic carbocycles. The standard InChI is InChI=1S/C23H31N3O2/c1-5-26(6-2)23(28)25-21-13-11-20(12-14-21)18(4)24-22(27)15-10-19-9-7-8-17(3)16-19/h7-9,11-14,16,18H,5-6,10,15H2,1-4H3,(H,24,27)(H,25,28). The fourth-order valence-electron chi connectivity index (χ4n) is 3.09. The molecular formula is C23H31N3O2. The van der Waals surface area contributed by atoms with Crippen LogP contribution in [0.2, 0.25) is 0 Å².